The van der Waals surface area contributed by atoms with Crippen LogP contribution in [0, 0.1) is 11.8 Å². The molecule has 0 bridgehead atoms. The van der Waals surface area contributed by atoms with Gasteiger partial charge >= 0.3 is 37.7 Å². The first kappa shape index (κ1) is 30.2. The predicted octanol–water partition coefficient (Wildman–Crippen LogP) is -0.348. The van der Waals surface area contributed by atoms with Gasteiger partial charge in [-0.2, -0.15) is 0 Å². The SMILES string of the molecule is C=CC(N)=O.CC(C)CS(=O)(=O)[O-].CC(C)CS(=O)(=O)[O-].[Ca+2]. The largest absolute Gasteiger partial charge is 2.00 e. The van der Waals surface area contributed by atoms with Gasteiger partial charge < -0.3 is 14.8 Å². The maximum atomic E-state index is 9.89. The molecule has 0 aliphatic rings. The van der Waals surface area contributed by atoms with Crippen molar-refractivity contribution in [2.24, 2.45) is 17.6 Å². The molecule has 0 heterocycles. The maximum absolute atomic E-state index is 9.89. The van der Waals surface area contributed by atoms with Crippen LogP contribution in [0.15, 0.2) is 12.7 Å². The van der Waals surface area contributed by atoms with Crippen LogP contribution < -0.4 is 5.73 Å². The molecule has 0 spiro atoms. The van der Waals surface area contributed by atoms with Gasteiger partial charge in [-0.05, 0) is 17.9 Å². The summed E-state index contributed by atoms with van der Waals surface area (Å²) < 4.78 is 59.3. The van der Waals surface area contributed by atoms with Crippen molar-refractivity contribution in [1.82, 2.24) is 0 Å². The Morgan fingerprint density at radius 1 is 1.00 bits per heavy atom. The molecular formula is C11H23CaNO7S2. The van der Waals surface area contributed by atoms with Gasteiger partial charge in [0.25, 0.3) is 0 Å². The maximum Gasteiger partial charge on any atom is 2.00 e. The Bertz CT molecular complexity index is 461. The third-order valence-electron chi connectivity index (χ3n) is 1.28. The van der Waals surface area contributed by atoms with Crippen LogP contribution in [0.4, 0.5) is 0 Å². The van der Waals surface area contributed by atoms with Crippen molar-refractivity contribution in [2.45, 2.75) is 27.7 Å². The molecule has 22 heavy (non-hydrogen) atoms. The molecule has 128 valence electrons. The van der Waals surface area contributed by atoms with Crippen LogP contribution in [0.1, 0.15) is 27.7 Å². The molecule has 0 aromatic heterocycles. The van der Waals surface area contributed by atoms with Crippen LogP contribution in [0.2, 0.25) is 0 Å². The first-order chi connectivity index (χ1) is 9.10. The van der Waals surface area contributed by atoms with E-state index in [1.165, 1.54) is 0 Å². The quantitative estimate of drug-likeness (QED) is 0.385. The molecule has 0 saturated heterocycles. The molecule has 11 heteroatoms. The molecule has 0 atom stereocenters. The minimum atomic E-state index is -3.97. The predicted molar refractivity (Wildman–Crippen MR) is 83.9 cm³/mol. The second-order valence-corrected chi connectivity index (χ2v) is 7.74. The smallest absolute Gasteiger partial charge is 0.748 e. The van der Waals surface area contributed by atoms with Gasteiger partial charge in [0.15, 0.2) is 0 Å². The molecule has 0 saturated carbocycles. The molecule has 1 amide bonds. The summed E-state index contributed by atoms with van der Waals surface area (Å²) in [4.78, 5) is 9.47. The van der Waals surface area contributed by atoms with Gasteiger partial charge in [-0.3, -0.25) is 4.79 Å². The summed E-state index contributed by atoms with van der Waals surface area (Å²) in [6, 6.07) is 0. The fourth-order valence-corrected chi connectivity index (χ4v) is 2.45. The summed E-state index contributed by atoms with van der Waals surface area (Å²) >= 11 is 0. The van der Waals surface area contributed by atoms with Gasteiger partial charge in [0.05, 0.1) is 20.2 Å². The Morgan fingerprint density at radius 2 is 1.18 bits per heavy atom. The molecule has 0 fully saturated rings. The summed E-state index contributed by atoms with van der Waals surface area (Å²) in [7, 11) is -7.95. The Hall–Kier alpha value is 0.290. The number of hydrogen-bond acceptors (Lipinski definition) is 7. The number of nitrogens with two attached hydrogens (primary N) is 1. The number of rotatable bonds is 5. The van der Waals surface area contributed by atoms with Crippen LogP contribution in [0.3, 0.4) is 0 Å². The van der Waals surface area contributed by atoms with E-state index in [4.69, 9.17) is 0 Å². The van der Waals surface area contributed by atoms with Gasteiger partial charge in [0, 0.05) is 11.5 Å². The molecule has 0 aliphatic carbocycles. The number of hydrogen-bond donors (Lipinski definition) is 1. The Morgan fingerprint density at radius 3 is 1.18 bits per heavy atom. The molecule has 0 unspecified atom stereocenters. The van der Waals surface area contributed by atoms with Crippen molar-refractivity contribution >= 4 is 63.9 Å². The van der Waals surface area contributed by atoms with E-state index in [2.05, 4.69) is 12.3 Å². The van der Waals surface area contributed by atoms with Crippen molar-refractivity contribution in [3.63, 3.8) is 0 Å². The average Bonchev–Trinajstić information content (AvgIpc) is 2.10. The van der Waals surface area contributed by atoms with Gasteiger partial charge in [0.1, 0.15) is 0 Å². The second-order valence-electron chi connectivity index (χ2n) is 4.84. The minimum absolute atomic E-state index is 0. The standard InChI is InChI=1S/2C4H10O3S.C3H5NO.Ca/c2*1-4(2)3-8(5,6)7;1-2-3(4)5;/h2*4H,3H2,1-2H3,(H,5,6,7);2H,1H2,(H2,4,5);/q;;;+2/p-2. The Kier molecular flexibility index (Phi) is 20.4. The number of amides is 1. The topological polar surface area (TPSA) is 157 Å². The molecule has 2 N–H and O–H groups in total. The van der Waals surface area contributed by atoms with Gasteiger partial charge in [0.2, 0.25) is 5.91 Å². The fraction of sp³-hybridized carbons (Fsp3) is 0.727. The Labute approximate surface area is 163 Å². The van der Waals surface area contributed by atoms with E-state index in [0.29, 0.717) is 0 Å². The van der Waals surface area contributed by atoms with Gasteiger partial charge in [-0.1, -0.05) is 34.3 Å². The fourth-order valence-electron chi connectivity index (χ4n) is 0.816. The van der Waals surface area contributed by atoms with Crippen molar-refractivity contribution in [2.75, 3.05) is 11.5 Å². The molecule has 0 radical (unpaired) electrons. The first-order valence-electron chi connectivity index (χ1n) is 5.89. The van der Waals surface area contributed by atoms with Crippen molar-refractivity contribution < 1.29 is 30.7 Å². The molecule has 0 aromatic carbocycles. The molecule has 0 aliphatic heterocycles. The van der Waals surface area contributed by atoms with E-state index in [0.717, 1.165) is 6.08 Å². The first-order valence-corrected chi connectivity index (χ1v) is 9.05. The van der Waals surface area contributed by atoms with Crippen LogP contribution in [-0.2, 0) is 25.0 Å². The summed E-state index contributed by atoms with van der Waals surface area (Å²) in [6.45, 7) is 9.85. The zero-order chi connectivity index (χ0) is 17.9. The zero-order valence-electron chi connectivity index (χ0n) is 13.3. The van der Waals surface area contributed by atoms with Crippen molar-refractivity contribution in [3.8, 4) is 0 Å². The zero-order valence-corrected chi connectivity index (χ0v) is 17.2. The Balaban J connectivity index is -0.000000111. The third-order valence-corrected chi connectivity index (χ3v) is 3.43. The van der Waals surface area contributed by atoms with E-state index in [1.54, 1.807) is 27.7 Å². The minimum Gasteiger partial charge on any atom is -0.748 e. The second kappa shape index (κ2) is 14.9. The van der Waals surface area contributed by atoms with E-state index in [-0.39, 0.29) is 61.1 Å². The van der Waals surface area contributed by atoms with Gasteiger partial charge in [-0.15, -0.1) is 0 Å². The van der Waals surface area contributed by atoms with E-state index in [9.17, 15) is 30.7 Å². The number of carbonyl (C=O) groups excluding carboxylic acids is 1. The number of primary amides is 1. The molecule has 8 nitrogen and oxygen atoms in total. The van der Waals surface area contributed by atoms with Crippen LogP contribution in [0.25, 0.3) is 0 Å². The summed E-state index contributed by atoms with van der Waals surface area (Å²) in [5, 5.41) is 0. The summed E-state index contributed by atoms with van der Waals surface area (Å²) in [5.41, 5.74) is 4.53. The summed E-state index contributed by atoms with van der Waals surface area (Å²) in [6.07, 6.45) is 1.06. The van der Waals surface area contributed by atoms with E-state index < -0.39 is 26.1 Å². The van der Waals surface area contributed by atoms with E-state index in [1.807, 2.05) is 0 Å². The van der Waals surface area contributed by atoms with Gasteiger partial charge in [-0.25, -0.2) is 16.8 Å². The molecular weight excluding hydrogens is 362 g/mol. The van der Waals surface area contributed by atoms with Crippen LogP contribution in [-0.4, -0.2) is 81.1 Å². The van der Waals surface area contributed by atoms with Crippen LogP contribution >= 0.6 is 0 Å². The third kappa shape index (κ3) is 50.0. The normalized spacial score (nSPS) is 10.5. The average molecular weight is 386 g/mol. The molecule has 0 rings (SSSR count). The summed E-state index contributed by atoms with van der Waals surface area (Å²) in [5.74, 6) is -1.11. The number of carbonyl (C=O) groups is 1. The monoisotopic (exact) mass is 385 g/mol. The molecule has 0 aromatic rings. The van der Waals surface area contributed by atoms with E-state index >= 15 is 0 Å². The van der Waals surface area contributed by atoms with Crippen molar-refractivity contribution in [3.05, 3.63) is 12.7 Å². The van der Waals surface area contributed by atoms with Crippen molar-refractivity contribution in [1.29, 1.82) is 0 Å². The van der Waals surface area contributed by atoms with Crippen LogP contribution in [0.5, 0.6) is 0 Å².